The number of hydrogen-bond acceptors (Lipinski definition) is 3. The molecule has 21 heavy (non-hydrogen) atoms. The molecule has 0 bridgehead atoms. The lowest BCUT2D eigenvalue weighted by atomic mass is 10.0. The Morgan fingerprint density at radius 2 is 1.76 bits per heavy atom. The molecule has 1 atom stereocenters. The Labute approximate surface area is 141 Å². The van der Waals surface area contributed by atoms with Crippen LogP contribution >= 0.6 is 40.7 Å². The van der Waals surface area contributed by atoms with E-state index in [1.165, 1.54) is 23.1 Å². The van der Waals surface area contributed by atoms with E-state index in [4.69, 9.17) is 0 Å². The van der Waals surface area contributed by atoms with E-state index in [0.29, 0.717) is 30.7 Å². The van der Waals surface area contributed by atoms with Crippen molar-refractivity contribution in [2.75, 3.05) is 26.2 Å². The van der Waals surface area contributed by atoms with Gasteiger partial charge < -0.3 is 10.4 Å². The minimum atomic E-state index is -4.38. The average Bonchev–Trinajstić information content (AvgIpc) is 2.33. The number of hydrogen-bond donors (Lipinski definition) is 2. The summed E-state index contributed by atoms with van der Waals surface area (Å²) in [5, 5.41) is 12.5. The Hall–Kier alpha value is -0.210. The summed E-state index contributed by atoms with van der Waals surface area (Å²) >= 11 is 3.14. The maximum absolute atomic E-state index is 13.3. The van der Waals surface area contributed by atoms with Gasteiger partial charge in [0.05, 0.1) is 0 Å². The van der Waals surface area contributed by atoms with Crippen LogP contribution in [0.3, 0.4) is 0 Å². The number of phenolic OH excluding ortho intramolecular Hbond substituents is 1. The Balaban J connectivity index is 0.00000200. The predicted octanol–water partition coefficient (Wildman–Crippen LogP) is 3.51. The van der Waals surface area contributed by atoms with Crippen LogP contribution in [0.4, 0.5) is 13.2 Å². The molecule has 1 saturated heterocycles. The number of phenols is 1. The Morgan fingerprint density at radius 3 is 2.29 bits per heavy atom. The van der Waals surface area contributed by atoms with E-state index in [-0.39, 0.29) is 36.1 Å². The van der Waals surface area contributed by atoms with Crippen molar-refractivity contribution in [3.63, 3.8) is 0 Å². The van der Waals surface area contributed by atoms with E-state index < -0.39 is 12.2 Å². The van der Waals surface area contributed by atoms with E-state index in [1.54, 1.807) is 0 Å². The Kier molecular flexibility index (Phi) is 8.35. The number of nitrogens with zero attached hydrogens (tertiary/aromatic N) is 1. The molecule has 0 unspecified atom stereocenters. The van der Waals surface area contributed by atoms with E-state index >= 15 is 0 Å². The standard InChI is InChI=1S/C12H14BrF3N2O.2ClH/c13-10-2-1-8(19)7-9(10)11(12(14,15)16)18-5-3-17-4-6-18;;/h1-2,7,11,17,19H,3-6H2;2*1H/t11-;;/m1../s1. The fraction of sp³-hybridized carbons (Fsp3) is 0.500. The second-order valence-corrected chi connectivity index (χ2v) is 5.29. The predicted molar refractivity (Wildman–Crippen MR) is 83.5 cm³/mol. The van der Waals surface area contributed by atoms with Gasteiger partial charge in [-0.1, -0.05) is 15.9 Å². The van der Waals surface area contributed by atoms with Crippen molar-refractivity contribution in [1.29, 1.82) is 0 Å². The summed E-state index contributed by atoms with van der Waals surface area (Å²) in [7, 11) is 0. The topological polar surface area (TPSA) is 35.5 Å². The van der Waals surface area contributed by atoms with Gasteiger partial charge in [-0.15, -0.1) is 24.8 Å². The van der Waals surface area contributed by atoms with E-state index in [1.807, 2.05) is 0 Å². The third-order valence-electron chi connectivity index (χ3n) is 3.10. The number of halogens is 6. The zero-order valence-electron chi connectivity index (χ0n) is 10.9. The van der Waals surface area contributed by atoms with Crippen LogP contribution in [0.2, 0.25) is 0 Å². The molecule has 3 nitrogen and oxygen atoms in total. The van der Waals surface area contributed by atoms with Crippen LogP contribution in [0.1, 0.15) is 11.6 Å². The first-order chi connectivity index (χ1) is 8.89. The number of benzene rings is 1. The lowest BCUT2D eigenvalue weighted by molar-refractivity contribution is -0.188. The number of aromatic hydroxyl groups is 1. The van der Waals surface area contributed by atoms with Crippen LogP contribution in [0, 0.1) is 0 Å². The number of nitrogens with one attached hydrogen (secondary N) is 1. The van der Waals surface area contributed by atoms with Crippen molar-refractivity contribution in [3.8, 4) is 5.75 Å². The highest BCUT2D eigenvalue weighted by Crippen LogP contribution is 2.41. The van der Waals surface area contributed by atoms with E-state index in [9.17, 15) is 18.3 Å². The molecule has 1 aromatic rings. The van der Waals surface area contributed by atoms with Crippen LogP contribution < -0.4 is 5.32 Å². The van der Waals surface area contributed by atoms with Gasteiger partial charge in [0.1, 0.15) is 11.8 Å². The van der Waals surface area contributed by atoms with Crippen molar-refractivity contribution < 1.29 is 18.3 Å². The minimum absolute atomic E-state index is 0. The molecule has 0 aromatic heterocycles. The lowest BCUT2D eigenvalue weighted by Crippen LogP contribution is -2.49. The average molecular weight is 412 g/mol. The quantitative estimate of drug-likeness (QED) is 0.781. The minimum Gasteiger partial charge on any atom is -0.508 e. The highest BCUT2D eigenvalue weighted by molar-refractivity contribution is 9.10. The van der Waals surface area contributed by atoms with Crippen LogP contribution in [0.25, 0.3) is 0 Å². The highest BCUT2D eigenvalue weighted by Gasteiger charge is 2.45. The first-order valence-electron chi connectivity index (χ1n) is 5.89. The molecule has 1 fully saturated rings. The monoisotopic (exact) mass is 410 g/mol. The maximum atomic E-state index is 13.3. The molecule has 0 spiro atoms. The molecule has 0 saturated carbocycles. The third-order valence-corrected chi connectivity index (χ3v) is 3.82. The fourth-order valence-corrected chi connectivity index (χ4v) is 2.72. The molecule has 0 aliphatic carbocycles. The molecular weight excluding hydrogens is 396 g/mol. The number of piperazine rings is 1. The molecule has 122 valence electrons. The van der Waals surface area contributed by atoms with Crippen molar-refractivity contribution in [1.82, 2.24) is 10.2 Å². The summed E-state index contributed by atoms with van der Waals surface area (Å²) in [6.45, 7) is 1.71. The highest BCUT2D eigenvalue weighted by atomic mass is 79.9. The molecular formula is C12H16BrCl2F3N2O. The molecule has 1 heterocycles. The molecule has 2 rings (SSSR count). The summed E-state index contributed by atoms with van der Waals surface area (Å²) in [4.78, 5) is 1.38. The van der Waals surface area contributed by atoms with Gasteiger partial charge in [0, 0.05) is 30.7 Å². The largest absolute Gasteiger partial charge is 0.508 e. The smallest absolute Gasteiger partial charge is 0.408 e. The van der Waals surface area contributed by atoms with Gasteiger partial charge in [-0.05, 0) is 23.8 Å². The summed E-state index contributed by atoms with van der Waals surface area (Å²) in [6.07, 6.45) is -4.38. The van der Waals surface area contributed by atoms with Gasteiger partial charge >= 0.3 is 6.18 Å². The zero-order chi connectivity index (χ0) is 14.0. The SMILES string of the molecule is Cl.Cl.Oc1ccc(Br)c([C@@H](N2CCNCC2)C(F)(F)F)c1. The molecule has 0 radical (unpaired) electrons. The Bertz CT molecular complexity index is 457. The zero-order valence-corrected chi connectivity index (χ0v) is 14.1. The first-order valence-corrected chi connectivity index (χ1v) is 6.69. The molecule has 9 heteroatoms. The lowest BCUT2D eigenvalue weighted by Gasteiger charge is -2.36. The summed E-state index contributed by atoms with van der Waals surface area (Å²) in [5.74, 6) is -0.164. The van der Waals surface area contributed by atoms with Crippen LogP contribution in [0.15, 0.2) is 22.7 Å². The van der Waals surface area contributed by atoms with Gasteiger partial charge in [-0.25, -0.2) is 0 Å². The van der Waals surface area contributed by atoms with Crippen molar-refractivity contribution >= 4 is 40.7 Å². The van der Waals surface area contributed by atoms with Crippen LogP contribution in [-0.2, 0) is 0 Å². The molecule has 1 aliphatic rings. The molecule has 1 aliphatic heterocycles. The number of rotatable bonds is 2. The third kappa shape index (κ3) is 5.17. The molecule has 0 amide bonds. The summed E-state index contributed by atoms with van der Waals surface area (Å²) < 4.78 is 40.4. The summed E-state index contributed by atoms with van der Waals surface area (Å²) in [5.41, 5.74) is 0.0504. The van der Waals surface area contributed by atoms with Gasteiger partial charge in [0.15, 0.2) is 0 Å². The normalized spacial score (nSPS) is 17.5. The number of alkyl halides is 3. The Morgan fingerprint density at radius 1 is 1.19 bits per heavy atom. The second-order valence-electron chi connectivity index (χ2n) is 4.44. The van der Waals surface area contributed by atoms with Crippen LogP contribution in [-0.4, -0.2) is 42.4 Å². The maximum Gasteiger partial charge on any atom is 0.408 e. The van der Waals surface area contributed by atoms with Gasteiger partial charge in [-0.3, -0.25) is 4.90 Å². The van der Waals surface area contributed by atoms with Gasteiger partial charge in [-0.2, -0.15) is 13.2 Å². The molecule has 2 N–H and O–H groups in total. The van der Waals surface area contributed by atoms with E-state index in [0.717, 1.165) is 0 Å². The van der Waals surface area contributed by atoms with Gasteiger partial charge in [0.2, 0.25) is 0 Å². The molecule has 1 aromatic carbocycles. The van der Waals surface area contributed by atoms with Crippen LogP contribution in [0.5, 0.6) is 5.75 Å². The van der Waals surface area contributed by atoms with Gasteiger partial charge in [0.25, 0.3) is 0 Å². The van der Waals surface area contributed by atoms with E-state index in [2.05, 4.69) is 21.2 Å². The van der Waals surface area contributed by atoms with Crippen molar-refractivity contribution in [3.05, 3.63) is 28.2 Å². The second kappa shape index (κ2) is 8.43. The van der Waals surface area contributed by atoms with Crippen molar-refractivity contribution in [2.45, 2.75) is 12.2 Å². The van der Waals surface area contributed by atoms with Crippen molar-refractivity contribution in [2.24, 2.45) is 0 Å². The first kappa shape index (κ1) is 20.8. The summed E-state index contributed by atoms with van der Waals surface area (Å²) in [6, 6.07) is 2.27. The fourth-order valence-electron chi connectivity index (χ4n) is 2.26.